The second-order valence-electron chi connectivity index (χ2n) is 5.21. The van der Waals surface area contributed by atoms with E-state index in [4.69, 9.17) is 0 Å². The van der Waals surface area contributed by atoms with Crippen LogP contribution in [0.1, 0.15) is 36.6 Å². The van der Waals surface area contributed by atoms with Crippen molar-refractivity contribution in [2.45, 2.75) is 33.4 Å². The zero-order valence-corrected chi connectivity index (χ0v) is 12.7. The summed E-state index contributed by atoms with van der Waals surface area (Å²) in [6.45, 7) is 7.59. The Labute approximate surface area is 124 Å². The van der Waals surface area contributed by atoms with Crippen LogP contribution in [0.3, 0.4) is 0 Å². The molecule has 21 heavy (non-hydrogen) atoms. The van der Waals surface area contributed by atoms with Crippen molar-refractivity contribution in [1.82, 2.24) is 9.88 Å². The Balaban J connectivity index is 2.19. The van der Waals surface area contributed by atoms with Gasteiger partial charge in [-0.1, -0.05) is 19.1 Å². The highest BCUT2D eigenvalue weighted by Gasteiger charge is 2.13. The number of nitro benzene ring substituents is 1. The third-order valence-corrected chi connectivity index (χ3v) is 3.75. The van der Waals surface area contributed by atoms with Crippen molar-refractivity contribution in [2.75, 3.05) is 6.54 Å². The van der Waals surface area contributed by atoms with Gasteiger partial charge in [0.1, 0.15) is 0 Å². The molecule has 0 radical (unpaired) electrons. The van der Waals surface area contributed by atoms with Crippen molar-refractivity contribution in [3.05, 3.63) is 63.5 Å². The first-order valence-corrected chi connectivity index (χ1v) is 7.14. The Bertz CT molecular complexity index is 634. The largest absolute Gasteiger partial charge is 0.350 e. The third kappa shape index (κ3) is 3.49. The number of nitrogens with zero attached hydrogens (tertiary/aromatic N) is 2. The Hall–Kier alpha value is -2.14. The number of hydrogen-bond acceptors (Lipinski definition) is 3. The molecule has 112 valence electrons. The standard InChI is InChI=1S/C16H21N3O2/c1-4-17-13(3)15-8-9-18(11-15)10-14-6-5-7-16(12(14)2)19(20)21/h5-9,11,13,17H,4,10H2,1-3H3. The van der Waals surface area contributed by atoms with Crippen molar-refractivity contribution in [3.8, 4) is 0 Å². The summed E-state index contributed by atoms with van der Waals surface area (Å²) in [5, 5.41) is 14.4. The molecule has 1 aromatic carbocycles. The molecule has 0 saturated heterocycles. The maximum Gasteiger partial charge on any atom is 0.272 e. The minimum Gasteiger partial charge on any atom is -0.350 e. The Morgan fingerprint density at radius 1 is 1.38 bits per heavy atom. The van der Waals surface area contributed by atoms with Crippen LogP contribution in [0, 0.1) is 17.0 Å². The quantitative estimate of drug-likeness (QED) is 0.654. The van der Waals surface area contributed by atoms with Crippen LogP contribution in [0.15, 0.2) is 36.7 Å². The number of aromatic nitrogens is 1. The topological polar surface area (TPSA) is 60.1 Å². The van der Waals surface area contributed by atoms with E-state index in [-0.39, 0.29) is 10.6 Å². The van der Waals surface area contributed by atoms with Crippen molar-refractivity contribution in [2.24, 2.45) is 0 Å². The van der Waals surface area contributed by atoms with Crippen LogP contribution in [0.25, 0.3) is 0 Å². The molecule has 0 aliphatic rings. The number of benzene rings is 1. The van der Waals surface area contributed by atoms with Gasteiger partial charge in [-0.25, -0.2) is 0 Å². The highest BCUT2D eigenvalue weighted by Crippen LogP contribution is 2.22. The molecule has 5 nitrogen and oxygen atoms in total. The van der Waals surface area contributed by atoms with Gasteiger partial charge in [-0.05, 0) is 37.6 Å². The normalized spacial score (nSPS) is 12.3. The van der Waals surface area contributed by atoms with E-state index >= 15 is 0 Å². The molecule has 5 heteroatoms. The first kappa shape index (κ1) is 15.3. The number of rotatable bonds is 6. The van der Waals surface area contributed by atoms with Gasteiger partial charge >= 0.3 is 0 Å². The molecule has 1 N–H and O–H groups in total. The minimum atomic E-state index is -0.326. The van der Waals surface area contributed by atoms with E-state index in [9.17, 15) is 10.1 Å². The summed E-state index contributed by atoms with van der Waals surface area (Å²) in [7, 11) is 0. The summed E-state index contributed by atoms with van der Waals surface area (Å²) in [5.41, 5.74) is 3.11. The molecule has 1 unspecified atom stereocenters. The van der Waals surface area contributed by atoms with Crippen LogP contribution < -0.4 is 5.32 Å². The molecule has 0 aliphatic carbocycles. The number of nitrogens with one attached hydrogen (secondary N) is 1. The second kappa shape index (κ2) is 6.54. The second-order valence-corrected chi connectivity index (χ2v) is 5.21. The lowest BCUT2D eigenvalue weighted by Crippen LogP contribution is -2.17. The van der Waals surface area contributed by atoms with Gasteiger partial charge in [-0.3, -0.25) is 10.1 Å². The maximum atomic E-state index is 11.0. The van der Waals surface area contributed by atoms with Crippen LogP contribution >= 0.6 is 0 Å². The van der Waals surface area contributed by atoms with E-state index in [2.05, 4.69) is 36.0 Å². The van der Waals surface area contributed by atoms with Gasteiger partial charge in [0.05, 0.1) is 4.92 Å². The molecule has 0 spiro atoms. The lowest BCUT2D eigenvalue weighted by Gasteiger charge is -2.10. The van der Waals surface area contributed by atoms with Gasteiger partial charge in [0.15, 0.2) is 0 Å². The summed E-state index contributed by atoms with van der Waals surface area (Å²) in [6.07, 6.45) is 4.10. The lowest BCUT2D eigenvalue weighted by atomic mass is 10.1. The summed E-state index contributed by atoms with van der Waals surface area (Å²) in [6, 6.07) is 7.62. The smallest absolute Gasteiger partial charge is 0.272 e. The molecule has 0 saturated carbocycles. The van der Waals surface area contributed by atoms with Crippen LogP contribution in [0.4, 0.5) is 5.69 Å². The van der Waals surface area contributed by atoms with Crippen molar-refractivity contribution in [3.63, 3.8) is 0 Å². The van der Waals surface area contributed by atoms with Gasteiger partial charge in [-0.15, -0.1) is 0 Å². The maximum absolute atomic E-state index is 11.0. The zero-order chi connectivity index (χ0) is 15.4. The summed E-state index contributed by atoms with van der Waals surface area (Å²) >= 11 is 0. The van der Waals surface area contributed by atoms with E-state index in [1.54, 1.807) is 19.1 Å². The number of hydrogen-bond donors (Lipinski definition) is 1. The minimum absolute atomic E-state index is 0.181. The Kier molecular flexibility index (Phi) is 4.75. The van der Waals surface area contributed by atoms with E-state index < -0.39 is 0 Å². The molecule has 1 aromatic heterocycles. The predicted octanol–water partition coefficient (Wildman–Crippen LogP) is 3.42. The van der Waals surface area contributed by atoms with Crippen LogP contribution in [0.5, 0.6) is 0 Å². The molecular formula is C16H21N3O2. The van der Waals surface area contributed by atoms with Crippen molar-refractivity contribution < 1.29 is 4.92 Å². The first-order valence-electron chi connectivity index (χ1n) is 7.14. The Morgan fingerprint density at radius 3 is 2.81 bits per heavy atom. The Morgan fingerprint density at radius 2 is 2.14 bits per heavy atom. The highest BCUT2D eigenvalue weighted by molar-refractivity contribution is 5.44. The SMILES string of the molecule is CCNC(C)c1ccn(Cc2cccc([N+](=O)[O-])c2C)c1. The summed E-state index contributed by atoms with van der Waals surface area (Å²) in [4.78, 5) is 10.7. The lowest BCUT2D eigenvalue weighted by molar-refractivity contribution is -0.385. The van der Waals surface area contributed by atoms with E-state index in [0.29, 0.717) is 12.6 Å². The van der Waals surface area contributed by atoms with Gasteiger partial charge in [0, 0.05) is 36.6 Å². The molecule has 2 aromatic rings. The first-order chi connectivity index (χ1) is 10.0. The molecule has 0 fully saturated rings. The van der Waals surface area contributed by atoms with Gasteiger partial charge in [-0.2, -0.15) is 0 Å². The van der Waals surface area contributed by atoms with Crippen LogP contribution in [-0.2, 0) is 6.54 Å². The van der Waals surface area contributed by atoms with Gasteiger partial charge in [0.2, 0.25) is 0 Å². The molecular weight excluding hydrogens is 266 g/mol. The monoisotopic (exact) mass is 287 g/mol. The molecule has 0 aliphatic heterocycles. The predicted molar refractivity (Wildman–Crippen MR) is 83.5 cm³/mol. The molecule has 1 atom stereocenters. The van der Waals surface area contributed by atoms with E-state index in [0.717, 1.165) is 17.7 Å². The zero-order valence-electron chi connectivity index (χ0n) is 12.7. The van der Waals surface area contributed by atoms with E-state index in [1.807, 2.05) is 12.3 Å². The average molecular weight is 287 g/mol. The summed E-state index contributed by atoms with van der Waals surface area (Å²) in [5.74, 6) is 0. The van der Waals surface area contributed by atoms with Gasteiger partial charge in [0.25, 0.3) is 5.69 Å². The molecule has 0 bridgehead atoms. The van der Waals surface area contributed by atoms with Crippen molar-refractivity contribution >= 4 is 5.69 Å². The fourth-order valence-electron chi connectivity index (χ4n) is 2.47. The van der Waals surface area contributed by atoms with Crippen molar-refractivity contribution in [1.29, 1.82) is 0 Å². The van der Waals surface area contributed by atoms with Crippen LogP contribution in [0.2, 0.25) is 0 Å². The van der Waals surface area contributed by atoms with Gasteiger partial charge < -0.3 is 9.88 Å². The number of nitro groups is 1. The highest BCUT2D eigenvalue weighted by atomic mass is 16.6. The molecule has 1 heterocycles. The molecule has 2 rings (SSSR count). The molecule has 0 amide bonds. The van der Waals surface area contributed by atoms with Crippen LogP contribution in [-0.4, -0.2) is 16.0 Å². The van der Waals surface area contributed by atoms with E-state index in [1.165, 1.54) is 5.56 Å². The fraction of sp³-hybridized carbons (Fsp3) is 0.375. The average Bonchev–Trinajstić information content (AvgIpc) is 2.90. The summed E-state index contributed by atoms with van der Waals surface area (Å²) < 4.78 is 2.06. The fourth-order valence-corrected chi connectivity index (χ4v) is 2.47. The third-order valence-electron chi connectivity index (χ3n) is 3.75.